The molecule has 0 saturated carbocycles. The zero-order valence-electron chi connectivity index (χ0n) is 21.3. The average molecular weight is 598 g/mol. The normalized spacial score (nSPS) is 25.0. The quantitative estimate of drug-likeness (QED) is 0.264. The monoisotopic (exact) mass is 597 g/mol. The molecule has 4 heterocycles. The van der Waals surface area contributed by atoms with Crippen molar-refractivity contribution < 1.29 is 19.2 Å². The molecule has 1 aromatic heterocycles. The molecule has 10 heteroatoms. The number of anilines is 3. The van der Waals surface area contributed by atoms with Crippen LogP contribution >= 0.6 is 15.9 Å². The number of fused-ring (bicyclic) bond motifs is 5. The second-order valence-electron chi connectivity index (χ2n) is 10.5. The zero-order valence-corrected chi connectivity index (χ0v) is 22.9. The van der Waals surface area contributed by atoms with Crippen LogP contribution in [0.15, 0.2) is 77.4 Å². The van der Waals surface area contributed by atoms with Gasteiger partial charge < -0.3 is 15.6 Å². The molecular weight excluding hydrogens is 574 g/mol. The number of hydrogen-bond acceptors (Lipinski definition) is 5. The van der Waals surface area contributed by atoms with Crippen LogP contribution in [0.3, 0.4) is 0 Å². The Bertz CT molecular complexity index is 1750. The summed E-state index contributed by atoms with van der Waals surface area (Å²) in [5.74, 6) is -3.07. The number of carbonyl (C=O) groups is 4. The summed E-state index contributed by atoms with van der Waals surface area (Å²) in [6.07, 6.45) is 2.36. The van der Waals surface area contributed by atoms with Gasteiger partial charge in [0, 0.05) is 51.5 Å². The van der Waals surface area contributed by atoms with E-state index >= 15 is 0 Å². The highest BCUT2D eigenvalue weighted by Crippen LogP contribution is 2.54. The van der Waals surface area contributed by atoms with Gasteiger partial charge in [-0.05, 0) is 60.5 Å². The SMILES string of the molecule is CC(=O)Nc1ccc(N2C(=O)[C@@H]3[C@H](Cc4c[nH]c5ccccc45)N[C@]4(C(=O)Nc5ccc(Br)cc54)[C@@H]3C2=O)cc1. The standard InChI is InChI=1S/C30H24BrN5O4/c1-15(37)33-18-7-9-19(10-8-18)36-27(38)25-24(12-16-14-32-22-5-3-2-4-20(16)22)35-30(26(25)28(36)39)21-13-17(31)6-11-23(21)34-29(30)40/h2-11,13-14,24-26,32,35H,12H2,1H3,(H,33,37)(H,34,40)/t24-,25+,26-,30-/m0/s1. The maximum Gasteiger partial charge on any atom is 0.250 e. The largest absolute Gasteiger partial charge is 0.361 e. The molecule has 3 aromatic carbocycles. The number of nitrogens with one attached hydrogen (secondary N) is 4. The van der Waals surface area contributed by atoms with Crippen LogP contribution in [0.2, 0.25) is 0 Å². The number of nitrogens with zero attached hydrogens (tertiary/aromatic N) is 1. The van der Waals surface area contributed by atoms with Gasteiger partial charge in [-0.15, -0.1) is 0 Å². The summed E-state index contributed by atoms with van der Waals surface area (Å²) in [5.41, 5.74) is 2.78. The smallest absolute Gasteiger partial charge is 0.250 e. The summed E-state index contributed by atoms with van der Waals surface area (Å²) in [7, 11) is 0. The number of imide groups is 1. The van der Waals surface area contributed by atoms with Crippen molar-refractivity contribution in [3.05, 3.63) is 88.5 Å². The summed E-state index contributed by atoms with van der Waals surface area (Å²) >= 11 is 3.51. The second-order valence-corrected chi connectivity index (χ2v) is 11.4. The lowest BCUT2D eigenvalue weighted by Gasteiger charge is -2.29. The molecule has 0 radical (unpaired) electrons. The number of amides is 4. The number of halogens is 1. The molecule has 40 heavy (non-hydrogen) atoms. The summed E-state index contributed by atoms with van der Waals surface area (Å²) in [4.78, 5) is 58.1. The fourth-order valence-electron chi connectivity index (χ4n) is 6.64. The van der Waals surface area contributed by atoms with E-state index in [1.165, 1.54) is 11.8 Å². The highest BCUT2D eigenvalue weighted by Gasteiger charge is 2.70. The van der Waals surface area contributed by atoms with Crippen molar-refractivity contribution in [1.29, 1.82) is 0 Å². The molecule has 2 fully saturated rings. The number of rotatable bonds is 4. The van der Waals surface area contributed by atoms with E-state index in [9.17, 15) is 19.2 Å². The molecular formula is C30H24BrN5O4. The first kappa shape index (κ1) is 24.7. The van der Waals surface area contributed by atoms with Crippen LogP contribution in [0, 0.1) is 11.8 Å². The van der Waals surface area contributed by atoms with E-state index in [-0.39, 0.29) is 17.7 Å². The Morgan fingerprint density at radius 1 is 1.02 bits per heavy atom. The number of carbonyl (C=O) groups excluding carboxylic acids is 4. The summed E-state index contributed by atoms with van der Waals surface area (Å²) in [6, 6.07) is 19.5. The third kappa shape index (κ3) is 3.49. The minimum atomic E-state index is -1.40. The van der Waals surface area contributed by atoms with Crippen molar-refractivity contribution in [3.63, 3.8) is 0 Å². The van der Waals surface area contributed by atoms with Crippen LogP contribution in [0.1, 0.15) is 18.1 Å². The Balaban J connectivity index is 1.34. The van der Waals surface area contributed by atoms with Crippen molar-refractivity contribution in [3.8, 4) is 0 Å². The molecule has 4 atom stereocenters. The molecule has 3 aliphatic rings. The van der Waals surface area contributed by atoms with E-state index in [1.54, 1.807) is 30.3 Å². The Morgan fingerprint density at radius 2 is 1.80 bits per heavy atom. The van der Waals surface area contributed by atoms with Crippen LogP contribution in [-0.2, 0) is 31.1 Å². The van der Waals surface area contributed by atoms with Crippen molar-refractivity contribution >= 4 is 67.5 Å². The first-order valence-corrected chi connectivity index (χ1v) is 13.8. The Labute approximate surface area is 237 Å². The molecule has 200 valence electrons. The van der Waals surface area contributed by atoms with Gasteiger partial charge in [0.15, 0.2) is 0 Å². The molecule has 4 aromatic rings. The fraction of sp³-hybridized carbons (Fsp3) is 0.200. The van der Waals surface area contributed by atoms with Gasteiger partial charge in [-0.3, -0.25) is 24.5 Å². The lowest BCUT2D eigenvalue weighted by atomic mass is 9.76. The number of H-pyrrole nitrogens is 1. The highest BCUT2D eigenvalue weighted by molar-refractivity contribution is 9.10. The van der Waals surface area contributed by atoms with Crippen molar-refractivity contribution in [2.24, 2.45) is 11.8 Å². The molecule has 9 nitrogen and oxygen atoms in total. The lowest BCUT2D eigenvalue weighted by molar-refractivity contribution is -0.130. The predicted molar refractivity (Wildman–Crippen MR) is 154 cm³/mol. The maximum absolute atomic E-state index is 14.2. The second kappa shape index (κ2) is 8.87. The van der Waals surface area contributed by atoms with Crippen molar-refractivity contribution in [2.45, 2.75) is 24.9 Å². The number of para-hydroxylation sites is 1. The van der Waals surface area contributed by atoms with E-state index in [2.05, 4.69) is 36.9 Å². The molecule has 2 saturated heterocycles. The summed E-state index contributed by atoms with van der Waals surface area (Å²) in [5, 5.41) is 10.2. The number of aromatic nitrogens is 1. The van der Waals surface area contributed by atoms with Gasteiger partial charge in [-0.1, -0.05) is 34.1 Å². The van der Waals surface area contributed by atoms with Crippen molar-refractivity contribution in [2.75, 3.05) is 15.5 Å². The molecule has 0 aliphatic carbocycles. The summed E-state index contributed by atoms with van der Waals surface area (Å²) < 4.78 is 0.766. The van der Waals surface area contributed by atoms with Gasteiger partial charge in [0.2, 0.25) is 23.6 Å². The molecule has 3 aliphatic heterocycles. The van der Waals surface area contributed by atoms with Gasteiger partial charge in [0.25, 0.3) is 0 Å². The highest BCUT2D eigenvalue weighted by atomic mass is 79.9. The predicted octanol–water partition coefficient (Wildman–Crippen LogP) is 4.06. The number of benzene rings is 3. The van der Waals surface area contributed by atoms with E-state index in [0.717, 1.165) is 20.9 Å². The van der Waals surface area contributed by atoms with E-state index in [4.69, 9.17) is 0 Å². The van der Waals surface area contributed by atoms with Crippen LogP contribution in [0.25, 0.3) is 10.9 Å². The van der Waals surface area contributed by atoms with E-state index in [1.807, 2.05) is 42.6 Å². The van der Waals surface area contributed by atoms with Gasteiger partial charge in [0.05, 0.1) is 17.5 Å². The average Bonchev–Trinajstić information content (AvgIpc) is 3.64. The molecule has 1 spiro atoms. The van der Waals surface area contributed by atoms with Gasteiger partial charge in [-0.2, -0.15) is 0 Å². The molecule has 4 N–H and O–H groups in total. The molecule has 7 rings (SSSR count). The third-order valence-electron chi connectivity index (χ3n) is 8.24. The lowest BCUT2D eigenvalue weighted by Crippen LogP contribution is -2.53. The Hall–Kier alpha value is -4.28. The third-order valence-corrected chi connectivity index (χ3v) is 8.73. The van der Waals surface area contributed by atoms with Crippen LogP contribution in [0.5, 0.6) is 0 Å². The first-order valence-electron chi connectivity index (χ1n) is 13.0. The fourth-order valence-corrected chi connectivity index (χ4v) is 7.00. The van der Waals surface area contributed by atoms with E-state index in [0.29, 0.717) is 29.0 Å². The van der Waals surface area contributed by atoms with Crippen LogP contribution in [-0.4, -0.2) is 34.7 Å². The van der Waals surface area contributed by atoms with Crippen molar-refractivity contribution in [1.82, 2.24) is 10.3 Å². The first-order chi connectivity index (χ1) is 19.3. The number of aromatic amines is 1. The Kier molecular flexibility index (Phi) is 5.48. The maximum atomic E-state index is 14.2. The minimum Gasteiger partial charge on any atom is -0.361 e. The molecule has 0 bridgehead atoms. The van der Waals surface area contributed by atoms with Gasteiger partial charge in [0.1, 0.15) is 5.54 Å². The summed E-state index contributed by atoms with van der Waals surface area (Å²) in [6.45, 7) is 1.41. The number of hydrogen-bond donors (Lipinski definition) is 4. The van der Waals surface area contributed by atoms with Gasteiger partial charge >= 0.3 is 0 Å². The zero-order chi connectivity index (χ0) is 27.8. The topological polar surface area (TPSA) is 123 Å². The van der Waals surface area contributed by atoms with Gasteiger partial charge in [-0.25, -0.2) is 4.90 Å². The van der Waals surface area contributed by atoms with Crippen LogP contribution in [0.4, 0.5) is 17.1 Å². The van der Waals surface area contributed by atoms with E-state index < -0.39 is 29.3 Å². The van der Waals surface area contributed by atoms with Crippen LogP contribution < -0.4 is 20.9 Å². The molecule has 4 amide bonds. The molecule has 0 unspecified atom stereocenters. The minimum absolute atomic E-state index is 0.221. The Morgan fingerprint density at radius 3 is 2.58 bits per heavy atom.